The number of methoxy groups -OCH3 is 1. The lowest BCUT2D eigenvalue weighted by Gasteiger charge is -2.19. The second-order valence-electron chi connectivity index (χ2n) is 3.73. The fraction of sp³-hybridized carbons (Fsp3) is 0.250. The van der Waals surface area contributed by atoms with E-state index in [1.807, 2.05) is 0 Å². The van der Waals surface area contributed by atoms with E-state index < -0.39 is 5.97 Å². The topological polar surface area (TPSA) is 83.7 Å². The fourth-order valence-electron chi connectivity index (χ4n) is 1.74. The summed E-state index contributed by atoms with van der Waals surface area (Å²) in [6.45, 7) is 0.940. The van der Waals surface area contributed by atoms with E-state index in [1.54, 1.807) is 18.2 Å². The molecule has 7 heteroatoms. The molecule has 2 aromatic rings. The van der Waals surface area contributed by atoms with Crippen LogP contribution in [0.2, 0.25) is 0 Å². The summed E-state index contributed by atoms with van der Waals surface area (Å²) in [6.07, 6.45) is 0. The van der Waals surface area contributed by atoms with Crippen molar-refractivity contribution in [3.8, 4) is 23.0 Å². The molecule has 2 heterocycles. The van der Waals surface area contributed by atoms with Crippen LogP contribution in [0.4, 0.5) is 0 Å². The molecular formula is C12H10N2O5. The van der Waals surface area contributed by atoms with Gasteiger partial charge in [-0.05, 0) is 12.1 Å². The molecule has 7 nitrogen and oxygen atoms in total. The molecule has 98 valence electrons. The fourth-order valence-corrected chi connectivity index (χ4v) is 1.74. The minimum absolute atomic E-state index is 0.183. The number of hydrogen-bond donors (Lipinski definition) is 0. The second-order valence-corrected chi connectivity index (χ2v) is 3.73. The molecule has 0 aliphatic carbocycles. The molecule has 0 N–H and O–H groups in total. The van der Waals surface area contributed by atoms with Gasteiger partial charge < -0.3 is 18.6 Å². The van der Waals surface area contributed by atoms with Gasteiger partial charge in [0.15, 0.2) is 11.5 Å². The van der Waals surface area contributed by atoms with Crippen LogP contribution in [0, 0.1) is 0 Å². The Hall–Kier alpha value is -2.57. The summed E-state index contributed by atoms with van der Waals surface area (Å²) >= 11 is 0. The summed E-state index contributed by atoms with van der Waals surface area (Å²) in [4.78, 5) is 11.3. The maximum atomic E-state index is 11.3. The number of para-hydroxylation sites is 1. The van der Waals surface area contributed by atoms with Crippen LogP contribution >= 0.6 is 0 Å². The van der Waals surface area contributed by atoms with Crippen LogP contribution in [0.15, 0.2) is 22.6 Å². The Kier molecular flexibility index (Phi) is 2.79. The zero-order valence-corrected chi connectivity index (χ0v) is 10.1. The zero-order valence-electron chi connectivity index (χ0n) is 10.1. The summed E-state index contributed by atoms with van der Waals surface area (Å²) < 4.78 is 20.8. The first-order chi connectivity index (χ1) is 9.29. The highest BCUT2D eigenvalue weighted by atomic mass is 16.6. The van der Waals surface area contributed by atoms with E-state index in [-0.39, 0.29) is 11.8 Å². The van der Waals surface area contributed by atoms with Crippen LogP contribution in [-0.4, -0.2) is 36.5 Å². The van der Waals surface area contributed by atoms with Gasteiger partial charge in [-0.1, -0.05) is 6.07 Å². The SMILES string of the molecule is COC(=O)c1nnc(-c2cccc3c2OCCO3)o1. The van der Waals surface area contributed by atoms with Crippen molar-refractivity contribution in [3.63, 3.8) is 0 Å². The molecule has 0 amide bonds. The van der Waals surface area contributed by atoms with E-state index in [1.165, 1.54) is 7.11 Å². The smallest absolute Gasteiger partial charge is 0.396 e. The van der Waals surface area contributed by atoms with Gasteiger partial charge in [0.25, 0.3) is 5.89 Å². The highest BCUT2D eigenvalue weighted by Gasteiger charge is 2.22. The molecule has 1 aromatic heterocycles. The highest BCUT2D eigenvalue weighted by Crippen LogP contribution is 2.39. The van der Waals surface area contributed by atoms with E-state index in [4.69, 9.17) is 13.9 Å². The number of aromatic nitrogens is 2. The summed E-state index contributed by atoms with van der Waals surface area (Å²) in [5.41, 5.74) is 0.583. The standard InChI is InChI=1S/C12H10N2O5/c1-16-12(15)11-14-13-10(19-11)7-3-2-4-8-9(7)18-6-5-17-8/h2-4H,5-6H2,1H3. The Morgan fingerprint density at radius 2 is 2.11 bits per heavy atom. The Labute approximate surface area is 108 Å². The van der Waals surface area contributed by atoms with Gasteiger partial charge in [0, 0.05) is 0 Å². The molecule has 0 atom stereocenters. The number of benzene rings is 1. The van der Waals surface area contributed by atoms with Crippen LogP contribution in [0.3, 0.4) is 0 Å². The lowest BCUT2D eigenvalue weighted by Crippen LogP contribution is -2.15. The zero-order chi connectivity index (χ0) is 13.2. The minimum atomic E-state index is -0.680. The van der Waals surface area contributed by atoms with Gasteiger partial charge in [-0.15, -0.1) is 10.2 Å². The van der Waals surface area contributed by atoms with E-state index in [2.05, 4.69) is 14.9 Å². The van der Waals surface area contributed by atoms with Gasteiger partial charge in [-0.25, -0.2) is 4.79 Å². The highest BCUT2D eigenvalue weighted by molar-refractivity contribution is 5.84. The lowest BCUT2D eigenvalue weighted by molar-refractivity contribution is 0.0556. The maximum absolute atomic E-state index is 11.3. The number of hydrogen-bond acceptors (Lipinski definition) is 7. The van der Waals surface area contributed by atoms with Crippen LogP contribution in [0.1, 0.15) is 10.7 Å². The number of ether oxygens (including phenoxy) is 3. The van der Waals surface area contributed by atoms with E-state index in [0.717, 1.165) is 0 Å². The van der Waals surface area contributed by atoms with Crippen LogP contribution in [0.5, 0.6) is 11.5 Å². The van der Waals surface area contributed by atoms with Crippen LogP contribution in [-0.2, 0) is 4.74 Å². The average Bonchev–Trinajstić information content (AvgIpc) is 2.95. The maximum Gasteiger partial charge on any atom is 0.396 e. The number of carbonyl (C=O) groups is 1. The van der Waals surface area contributed by atoms with Gasteiger partial charge in [0.1, 0.15) is 13.2 Å². The quantitative estimate of drug-likeness (QED) is 0.754. The largest absolute Gasteiger partial charge is 0.486 e. The molecule has 19 heavy (non-hydrogen) atoms. The first-order valence-corrected chi connectivity index (χ1v) is 5.60. The number of nitrogens with zero attached hydrogens (tertiary/aromatic N) is 2. The van der Waals surface area contributed by atoms with E-state index in [9.17, 15) is 4.79 Å². The molecule has 1 aliphatic rings. The third-order valence-corrected chi connectivity index (χ3v) is 2.58. The average molecular weight is 262 g/mol. The molecule has 0 unspecified atom stereocenters. The number of esters is 1. The Morgan fingerprint density at radius 3 is 2.95 bits per heavy atom. The van der Waals surface area contributed by atoms with Crippen molar-refractivity contribution >= 4 is 5.97 Å². The molecule has 0 spiro atoms. The van der Waals surface area contributed by atoms with Crippen LogP contribution in [0.25, 0.3) is 11.5 Å². The van der Waals surface area contributed by atoms with Gasteiger partial charge in [0.05, 0.1) is 12.7 Å². The van der Waals surface area contributed by atoms with Gasteiger partial charge in [-0.3, -0.25) is 0 Å². The van der Waals surface area contributed by atoms with Crippen molar-refractivity contribution in [1.82, 2.24) is 10.2 Å². The number of carbonyl (C=O) groups excluding carboxylic acids is 1. The second kappa shape index (κ2) is 4.60. The Bertz CT molecular complexity index is 622. The first-order valence-electron chi connectivity index (χ1n) is 5.60. The van der Waals surface area contributed by atoms with E-state index >= 15 is 0 Å². The molecule has 0 saturated heterocycles. The molecular weight excluding hydrogens is 252 g/mol. The summed E-state index contributed by atoms with van der Waals surface area (Å²) in [5.74, 6) is 0.450. The van der Waals surface area contributed by atoms with Gasteiger partial charge >= 0.3 is 11.9 Å². The number of rotatable bonds is 2. The van der Waals surface area contributed by atoms with Crippen molar-refractivity contribution < 1.29 is 23.4 Å². The minimum Gasteiger partial charge on any atom is -0.486 e. The Morgan fingerprint density at radius 1 is 1.26 bits per heavy atom. The van der Waals surface area contributed by atoms with Crippen molar-refractivity contribution in [1.29, 1.82) is 0 Å². The first kappa shape index (κ1) is 11.5. The third kappa shape index (κ3) is 1.99. The summed E-state index contributed by atoms with van der Waals surface area (Å²) in [5, 5.41) is 7.44. The van der Waals surface area contributed by atoms with Gasteiger partial charge in [-0.2, -0.15) is 0 Å². The van der Waals surface area contributed by atoms with E-state index in [0.29, 0.717) is 30.3 Å². The molecule has 0 bridgehead atoms. The normalized spacial score (nSPS) is 13.1. The van der Waals surface area contributed by atoms with Gasteiger partial charge in [0.2, 0.25) is 0 Å². The molecule has 0 fully saturated rings. The Balaban J connectivity index is 2.02. The number of fused-ring (bicyclic) bond motifs is 1. The molecule has 0 radical (unpaired) electrons. The summed E-state index contributed by atoms with van der Waals surface area (Å²) in [6, 6.07) is 5.32. The predicted molar refractivity (Wildman–Crippen MR) is 62.1 cm³/mol. The van der Waals surface area contributed by atoms with Crippen molar-refractivity contribution in [2.45, 2.75) is 0 Å². The summed E-state index contributed by atoms with van der Waals surface area (Å²) in [7, 11) is 1.24. The van der Waals surface area contributed by atoms with Crippen LogP contribution < -0.4 is 9.47 Å². The molecule has 1 aromatic carbocycles. The van der Waals surface area contributed by atoms with Crippen molar-refractivity contribution in [2.24, 2.45) is 0 Å². The predicted octanol–water partition coefficient (Wildman–Crippen LogP) is 1.29. The molecule has 0 saturated carbocycles. The molecule has 3 rings (SSSR count). The van der Waals surface area contributed by atoms with Crippen molar-refractivity contribution in [3.05, 3.63) is 24.1 Å². The third-order valence-electron chi connectivity index (χ3n) is 2.58. The molecule has 1 aliphatic heterocycles. The monoisotopic (exact) mass is 262 g/mol. The van der Waals surface area contributed by atoms with Crippen molar-refractivity contribution in [2.75, 3.05) is 20.3 Å². The lowest BCUT2D eigenvalue weighted by atomic mass is 10.2.